The minimum Gasteiger partial charge on any atom is -0.383 e. The van der Waals surface area contributed by atoms with Crippen molar-refractivity contribution in [2.75, 3.05) is 60.2 Å². The number of ether oxygens (including phenoxy) is 2. The number of nitrogens with zero attached hydrogens (tertiary/aromatic N) is 4. The van der Waals surface area contributed by atoms with E-state index in [9.17, 15) is 22.8 Å². The summed E-state index contributed by atoms with van der Waals surface area (Å²) >= 11 is 6.22. The number of hydrogen-bond donors (Lipinski definition) is 0. The van der Waals surface area contributed by atoms with Crippen molar-refractivity contribution < 1.29 is 32.2 Å². The number of amides is 2. The Morgan fingerprint density at radius 2 is 1.81 bits per heavy atom. The quantitative estimate of drug-likeness (QED) is 0.372. The largest absolute Gasteiger partial charge is 0.417 e. The van der Waals surface area contributed by atoms with Crippen molar-refractivity contribution in [2.45, 2.75) is 44.4 Å². The van der Waals surface area contributed by atoms with Crippen LogP contribution in [-0.4, -0.2) is 97.7 Å². The first-order valence-corrected chi connectivity index (χ1v) is 14.6. The Kier molecular flexibility index (Phi) is 11.2. The van der Waals surface area contributed by atoms with Crippen LogP contribution < -0.4 is 0 Å². The van der Waals surface area contributed by atoms with Gasteiger partial charge in [0.2, 0.25) is 5.91 Å². The van der Waals surface area contributed by atoms with Crippen molar-refractivity contribution in [1.82, 2.24) is 19.7 Å². The van der Waals surface area contributed by atoms with Gasteiger partial charge in [0.25, 0.3) is 5.91 Å². The first-order chi connectivity index (χ1) is 20.1. The Bertz CT molecular complexity index is 1220. The molecule has 2 amide bonds. The number of alkyl halides is 3. The lowest BCUT2D eigenvalue weighted by Gasteiger charge is -2.44. The van der Waals surface area contributed by atoms with Crippen molar-refractivity contribution in [1.29, 1.82) is 0 Å². The monoisotopic (exact) mass is 610 g/mol. The summed E-state index contributed by atoms with van der Waals surface area (Å²) in [6, 6.07) is 5.92. The molecule has 0 aliphatic carbocycles. The van der Waals surface area contributed by atoms with E-state index in [1.165, 1.54) is 4.90 Å². The van der Waals surface area contributed by atoms with E-state index >= 15 is 0 Å². The molecule has 2 aliphatic heterocycles. The van der Waals surface area contributed by atoms with E-state index < -0.39 is 35.2 Å². The number of halogens is 4. The first kappa shape index (κ1) is 32.2. The summed E-state index contributed by atoms with van der Waals surface area (Å²) in [4.78, 5) is 37.1. The molecule has 0 bridgehead atoms. The highest BCUT2D eigenvalue weighted by Gasteiger charge is 2.43. The number of carbonyl (C=O) groups is 2. The van der Waals surface area contributed by atoms with Gasteiger partial charge in [-0.25, -0.2) is 0 Å². The van der Waals surface area contributed by atoms with Crippen LogP contribution in [0.4, 0.5) is 13.2 Å². The third-order valence-corrected chi connectivity index (χ3v) is 8.41. The fourth-order valence-corrected chi connectivity index (χ4v) is 6.15. The molecule has 0 unspecified atom stereocenters. The van der Waals surface area contributed by atoms with Gasteiger partial charge in [0.05, 0.1) is 30.3 Å². The smallest absolute Gasteiger partial charge is 0.383 e. The zero-order valence-electron chi connectivity index (χ0n) is 24.0. The number of fused-ring (bicyclic) bond motifs is 1. The standard InChI is InChI=1S/C30H38ClF3N4O4/c1-41-16-14-36(15-17-42-2)12-9-27-24(28(39)37-13-8-21-5-6-23(31)18-22(21)20-37)4-3-11-38(27)29(40)25-19-35-10-7-26(25)30(32,33)34/h5-7,10,18-19,24,27H,3-4,8-9,11-17,20H2,1-2H3/t24-,27-/m1/s1. The Hall–Kier alpha value is -2.73. The molecule has 2 aromatic rings. The number of hydrogen-bond acceptors (Lipinski definition) is 6. The maximum Gasteiger partial charge on any atom is 0.417 e. The molecule has 1 fully saturated rings. The first-order valence-electron chi connectivity index (χ1n) is 14.2. The van der Waals surface area contributed by atoms with Crippen molar-refractivity contribution in [2.24, 2.45) is 5.92 Å². The van der Waals surface area contributed by atoms with Crippen LogP contribution in [0.25, 0.3) is 0 Å². The lowest BCUT2D eigenvalue weighted by molar-refractivity contribution is -0.141. The molecule has 0 N–H and O–H groups in total. The summed E-state index contributed by atoms with van der Waals surface area (Å²) in [5.41, 5.74) is 0.600. The molecule has 1 aromatic carbocycles. The van der Waals surface area contributed by atoms with Gasteiger partial charge < -0.3 is 19.3 Å². The highest BCUT2D eigenvalue weighted by atomic mass is 35.5. The van der Waals surface area contributed by atoms with E-state index in [1.807, 2.05) is 18.2 Å². The van der Waals surface area contributed by atoms with E-state index in [0.29, 0.717) is 76.6 Å². The van der Waals surface area contributed by atoms with Gasteiger partial charge in [-0.05, 0) is 55.0 Å². The lowest BCUT2D eigenvalue weighted by atomic mass is 9.84. The topological polar surface area (TPSA) is 75.2 Å². The fraction of sp³-hybridized carbons (Fsp3) is 0.567. The molecule has 12 heteroatoms. The van der Waals surface area contributed by atoms with Gasteiger partial charge in [-0.3, -0.25) is 19.5 Å². The van der Waals surface area contributed by atoms with Crippen LogP contribution in [0.1, 0.15) is 46.3 Å². The van der Waals surface area contributed by atoms with Gasteiger partial charge in [0.15, 0.2) is 0 Å². The van der Waals surface area contributed by atoms with Gasteiger partial charge in [-0.15, -0.1) is 0 Å². The molecule has 0 spiro atoms. The SMILES string of the molecule is COCCN(CCOC)CC[C@@H]1[C@H](C(=O)N2CCc3ccc(Cl)cc3C2)CCCN1C(=O)c1cnccc1C(F)(F)F. The summed E-state index contributed by atoms with van der Waals surface area (Å²) in [5, 5.41) is 0.597. The summed E-state index contributed by atoms with van der Waals surface area (Å²) in [6.45, 7) is 3.91. The molecule has 8 nitrogen and oxygen atoms in total. The van der Waals surface area contributed by atoms with Gasteiger partial charge in [-0.2, -0.15) is 13.2 Å². The molecule has 1 saturated heterocycles. The minimum atomic E-state index is -4.71. The zero-order chi connectivity index (χ0) is 30.3. The Balaban J connectivity index is 1.62. The Morgan fingerprint density at radius 1 is 1.07 bits per heavy atom. The number of methoxy groups -OCH3 is 2. The number of benzene rings is 1. The van der Waals surface area contributed by atoms with Gasteiger partial charge >= 0.3 is 6.18 Å². The molecule has 3 heterocycles. The highest BCUT2D eigenvalue weighted by Crippen LogP contribution is 2.35. The number of carbonyl (C=O) groups excluding carboxylic acids is 2. The van der Waals surface area contributed by atoms with Crippen molar-refractivity contribution in [3.8, 4) is 0 Å². The molecule has 2 atom stereocenters. The van der Waals surface area contributed by atoms with E-state index in [0.717, 1.165) is 29.6 Å². The number of aromatic nitrogens is 1. The Morgan fingerprint density at radius 3 is 2.50 bits per heavy atom. The normalized spacial score (nSPS) is 19.2. The molecule has 0 saturated carbocycles. The Labute approximate surface area is 249 Å². The minimum absolute atomic E-state index is 0.0920. The van der Waals surface area contributed by atoms with Crippen LogP contribution in [0.5, 0.6) is 0 Å². The summed E-state index contributed by atoms with van der Waals surface area (Å²) in [6.07, 6.45) is -0.562. The molecular formula is C30H38ClF3N4O4. The van der Waals surface area contributed by atoms with E-state index in [1.54, 1.807) is 19.1 Å². The predicted octanol–water partition coefficient (Wildman–Crippen LogP) is 4.54. The van der Waals surface area contributed by atoms with Gasteiger partial charge in [0.1, 0.15) is 0 Å². The van der Waals surface area contributed by atoms with Crippen LogP contribution in [0.2, 0.25) is 5.02 Å². The second-order valence-electron chi connectivity index (χ2n) is 10.8. The molecule has 42 heavy (non-hydrogen) atoms. The lowest BCUT2D eigenvalue weighted by Crippen LogP contribution is -2.55. The summed E-state index contributed by atoms with van der Waals surface area (Å²) < 4.78 is 52.1. The predicted molar refractivity (Wildman–Crippen MR) is 152 cm³/mol. The number of piperidine rings is 1. The average Bonchev–Trinajstić information content (AvgIpc) is 2.99. The van der Waals surface area contributed by atoms with Gasteiger partial charge in [0, 0.05) is 76.9 Å². The van der Waals surface area contributed by atoms with E-state index in [4.69, 9.17) is 21.1 Å². The van der Waals surface area contributed by atoms with Crippen molar-refractivity contribution in [3.05, 3.63) is 63.9 Å². The third kappa shape index (κ3) is 7.80. The molecule has 1 aromatic heterocycles. The van der Waals surface area contributed by atoms with Crippen LogP contribution >= 0.6 is 11.6 Å². The molecule has 230 valence electrons. The summed E-state index contributed by atoms with van der Waals surface area (Å²) in [5.74, 6) is -1.40. The zero-order valence-corrected chi connectivity index (χ0v) is 24.8. The van der Waals surface area contributed by atoms with Crippen molar-refractivity contribution >= 4 is 23.4 Å². The second kappa shape index (κ2) is 14.6. The molecule has 0 radical (unpaired) electrons. The molecule has 4 rings (SSSR count). The van der Waals surface area contributed by atoms with E-state index in [-0.39, 0.29) is 12.5 Å². The number of likely N-dealkylation sites (tertiary alicyclic amines) is 1. The van der Waals surface area contributed by atoms with Crippen LogP contribution in [-0.2, 0) is 33.4 Å². The molecular weight excluding hydrogens is 573 g/mol. The maximum atomic E-state index is 14.1. The number of rotatable bonds is 11. The fourth-order valence-electron chi connectivity index (χ4n) is 5.96. The van der Waals surface area contributed by atoms with Gasteiger partial charge in [-0.1, -0.05) is 17.7 Å². The number of pyridine rings is 1. The van der Waals surface area contributed by atoms with Crippen molar-refractivity contribution in [3.63, 3.8) is 0 Å². The van der Waals surface area contributed by atoms with Crippen LogP contribution in [0, 0.1) is 5.92 Å². The van der Waals surface area contributed by atoms with Crippen LogP contribution in [0.15, 0.2) is 36.7 Å². The second-order valence-corrected chi connectivity index (χ2v) is 11.2. The molecule has 2 aliphatic rings. The van der Waals surface area contributed by atoms with Crippen LogP contribution in [0.3, 0.4) is 0 Å². The maximum absolute atomic E-state index is 14.1. The highest BCUT2D eigenvalue weighted by molar-refractivity contribution is 6.30. The summed E-state index contributed by atoms with van der Waals surface area (Å²) in [7, 11) is 3.22. The van der Waals surface area contributed by atoms with E-state index in [2.05, 4.69) is 9.88 Å². The average molecular weight is 611 g/mol. The third-order valence-electron chi connectivity index (χ3n) is 8.17.